The van der Waals surface area contributed by atoms with Crippen molar-refractivity contribution in [2.45, 2.75) is 105 Å². The molecule has 172 valence electrons. The van der Waals surface area contributed by atoms with Crippen LogP contribution in [0.2, 0.25) is 0 Å². The molecule has 1 spiro atoms. The Morgan fingerprint density at radius 1 is 1.16 bits per heavy atom. The molecular formula is C29H44O2. The van der Waals surface area contributed by atoms with Gasteiger partial charge >= 0.3 is 0 Å². The summed E-state index contributed by atoms with van der Waals surface area (Å²) in [6, 6.07) is 0. The number of hydrogen-bond acceptors (Lipinski definition) is 2. The molecule has 0 bridgehead atoms. The molecule has 5 rings (SSSR count). The summed E-state index contributed by atoms with van der Waals surface area (Å²) in [6.07, 6.45) is 16.0. The zero-order valence-electron chi connectivity index (χ0n) is 20.5. The predicted octanol–water partition coefficient (Wildman–Crippen LogP) is 6.88. The van der Waals surface area contributed by atoms with E-state index in [1.807, 2.05) is 0 Å². The minimum atomic E-state index is -0.727. The Hall–Kier alpha value is -0.890. The van der Waals surface area contributed by atoms with Gasteiger partial charge in [-0.1, -0.05) is 44.1 Å². The third-order valence-corrected chi connectivity index (χ3v) is 11.1. The second-order valence-electron chi connectivity index (χ2n) is 12.9. The van der Waals surface area contributed by atoms with E-state index in [2.05, 4.69) is 46.8 Å². The maximum atomic E-state index is 12.9. The number of Topliss-reactive ketones (excluding diaryl/α,β-unsaturated/α-hetero) is 1. The lowest BCUT2D eigenvalue weighted by Gasteiger charge is -2.59. The van der Waals surface area contributed by atoms with Gasteiger partial charge < -0.3 is 5.11 Å². The van der Waals surface area contributed by atoms with Crippen molar-refractivity contribution in [3.63, 3.8) is 0 Å². The van der Waals surface area contributed by atoms with Crippen LogP contribution >= 0.6 is 0 Å². The molecule has 2 heteroatoms. The molecule has 0 heterocycles. The maximum absolute atomic E-state index is 12.9. The minimum Gasteiger partial charge on any atom is -0.384 e. The van der Waals surface area contributed by atoms with Crippen molar-refractivity contribution >= 4 is 5.78 Å². The van der Waals surface area contributed by atoms with E-state index in [0.29, 0.717) is 17.8 Å². The summed E-state index contributed by atoms with van der Waals surface area (Å²) in [4.78, 5) is 12.9. The van der Waals surface area contributed by atoms with Gasteiger partial charge in [-0.3, -0.25) is 4.79 Å². The third-order valence-electron chi connectivity index (χ3n) is 11.1. The van der Waals surface area contributed by atoms with Gasteiger partial charge in [-0.2, -0.15) is 0 Å². The predicted molar refractivity (Wildman–Crippen MR) is 126 cm³/mol. The van der Waals surface area contributed by atoms with Crippen molar-refractivity contribution in [3.05, 3.63) is 23.3 Å². The van der Waals surface area contributed by atoms with E-state index in [1.165, 1.54) is 56.1 Å². The second-order valence-corrected chi connectivity index (χ2v) is 12.9. The quantitative estimate of drug-likeness (QED) is 0.500. The first kappa shape index (κ1) is 21.9. The number of hydrogen-bond donors (Lipinski definition) is 1. The van der Waals surface area contributed by atoms with Crippen LogP contribution in [-0.2, 0) is 4.79 Å². The fraction of sp³-hybridized carbons (Fsp3) is 0.828. The van der Waals surface area contributed by atoms with Crippen LogP contribution in [0, 0.1) is 45.8 Å². The SMILES string of the molecule is CC(C)=CCC[C@@H](C)[C@H]1CC[C@H]2[C@@H]3CC=C4C5(CC5)C(O)C(=O)C[C@]4(C)[C@H]3CC[C@]12C. The van der Waals surface area contributed by atoms with Crippen LogP contribution in [0.25, 0.3) is 0 Å². The molecule has 4 fully saturated rings. The lowest BCUT2D eigenvalue weighted by Crippen LogP contribution is -2.55. The molecule has 0 aromatic carbocycles. The Balaban J connectivity index is 1.39. The van der Waals surface area contributed by atoms with E-state index in [0.717, 1.165) is 36.5 Å². The topological polar surface area (TPSA) is 37.3 Å². The number of carbonyl (C=O) groups excluding carboxylic acids is 1. The van der Waals surface area contributed by atoms with Gasteiger partial charge in [0.2, 0.25) is 0 Å². The van der Waals surface area contributed by atoms with Gasteiger partial charge in [0.05, 0.1) is 0 Å². The van der Waals surface area contributed by atoms with E-state index in [1.54, 1.807) is 0 Å². The normalized spacial score (nSPS) is 45.9. The van der Waals surface area contributed by atoms with Gasteiger partial charge in [0.15, 0.2) is 5.78 Å². The highest BCUT2D eigenvalue weighted by Crippen LogP contribution is 2.72. The molecule has 0 amide bonds. The maximum Gasteiger partial charge on any atom is 0.163 e. The van der Waals surface area contributed by atoms with Crippen LogP contribution in [0.3, 0.4) is 0 Å². The third kappa shape index (κ3) is 3.10. The first-order valence-corrected chi connectivity index (χ1v) is 13.2. The minimum absolute atomic E-state index is 0.00418. The van der Waals surface area contributed by atoms with Crippen molar-refractivity contribution < 1.29 is 9.90 Å². The molecule has 4 saturated carbocycles. The number of ketones is 1. The van der Waals surface area contributed by atoms with Gasteiger partial charge in [-0.05, 0) is 112 Å². The van der Waals surface area contributed by atoms with Crippen molar-refractivity contribution in [1.82, 2.24) is 0 Å². The fourth-order valence-electron chi connectivity index (χ4n) is 9.50. The Labute approximate surface area is 190 Å². The molecule has 0 aliphatic heterocycles. The monoisotopic (exact) mass is 424 g/mol. The number of fused-ring (bicyclic) bond motifs is 6. The first-order chi connectivity index (χ1) is 14.6. The van der Waals surface area contributed by atoms with Gasteiger partial charge in [0, 0.05) is 11.8 Å². The van der Waals surface area contributed by atoms with Crippen molar-refractivity contribution in [2.75, 3.05) is 0 Å². The largest absolute Gasteiger partial charge is 0.384 e. The summed E-state index contributed by atoms with van der Waals surface area (Å²) >= 11 is 0. The number of aliphatic hydroxyl groups excluding tert-OH is 1. The molecule has 8 atom stereocenters. The number of rotatable bonds is 4. The molecule has 5 aliphatic carbocycles. The molecule has 0 aromatic heterocycles. The fourth-order valence-corrected chi connectivity index (χ4v) is 9.50. The van der Waals surface area contributed by atoms with E-state index in [-0.39, 0.29) is 16.6 Å². The lowest BCUT2D eigenvalue weighted by molar-refractivity contribution is -0.140. The summed E-state index contributed by atoms with van der Waals surface area (Å²) in [6.45, 7) is 12.0. The number of aliphatic hydroxyl groups is 1. The molecule has 2 nitrogen and oxygen atoms in total. The molecule has 1 N–H and O–H groups in total. The summed E-state index contributed by atoms with van der Waals surface area (Å²) in [5.41, 5.74) is 3.24. The summed E-state index contributed by atoms with van der Waals surface area (Å²) in [5, 5.41) is 10.7. The summed E-state index contributed by atoms with van der Waals surface area (Å²) in [7, 11) is 0. The van der Waals surface area contributed by atoms with Crippen molar-refractivity contribution in [2.24, 2.45) is 45.8 Å². The molecule has 5 aliphatic rings. The second kappa shape index (κ2) is 7.31. The van der Waals surface area contributed by atoms with Crippen LogP contribution in [0.15, 0.2) is 23.3 Å². The zero-order valence-corrected chi connectivity index (χ0v) is 20.5. The standard InChI is InChI=1S/C29H44O2/c1-18(2)7-6-8-19(3)21-10-11-22-20-9-12-25-28(5,23(20)13-14-27(21,22)4)17-24(30)26(31)29(25)15-16-29/h7,12,19-23,26,31H,6,8-11,13-17H2,1-5H3/t19-,20+,21-,22+,23+,26?,27-,28-/m1/s1. The van der Waals surface area contributed by atoms with E-state index >= 15 is 0 Å². The number of allylic oxidation sites excluding steroid dienone is 3. The van der Waals surface area contributed by atoms with Crippen LogP contribution < -0.4 is 0 Å². The Bertz CT molecular complexity index is 813. The summed E-state index contributed by atoms with van der Waals surface area (Å²) < 4.78 is 0. The van der Waals surface area contributed by atoms with Crippen molar-refractivity contribution in [1.29, 1.82) is 0 Å². The van der Waals surface area contributed by atoms with E-state index in [4.69, 9.17) is 0 Å². The molecule has 31 heavy (non-hydrogen) atoms. The van der Waals surface area contributed by atoms with Crippen LogP contribution in [0.1, 0.15) is 98.8 Å². The number of carbonyl (C=O) groups is 1. The smallest absolute Gasteiger partial charge is 0.163 e. The lowest BCUT2D eigenvalue weighted by atomic mass is 9.45. The van der Waals surface area contributed by atoms with E-state index in [9.17, 15) is 9.90 Å². The Morgan fingerprint density at radius 2 is 1.90 bits per heavy atom. The summed E-state index contributed by atoms with van der Waals surface area (Å²) in [5.74, 6) is 3.97. The van der Waals surface area contributed by atoms with Gasteiger partial charge in [-0.15, -0.1) is 0 Å². The molecule has 0 saturated heterocycles. The van der Waals surface area contributed by atoms with Crippen molar-refractivity contribution in [3.8, 4) is 0 Å². The van der Waals surface area contributed by atoms with Crippen LogP contribution in [-0.4, -0.2) is 17.0 Å². The highest BCUT2D eigenvalue weighted by molar-refractivity contribution is 5.88. The van der Waals surface area contributed by atoms with Gasteiger partial charge in [0.25, 0.3) is 0 Å². The molecule has 0 radical (unpaired) electrons. The van der Waals surface area contributed by atoms with Crippen LogP contribution in [0.4, 0.5) is 0 Å². The highest BCUT2D eigenvalue weighted by Gasteiger charge is 2.67. The zero-order chi connectivity index (χ0) is 22.2. The van der Waals surface area contributed by atoms with Crippen LogP contribution in [0.5, 0.6) is 0 Å². The highest BCUT2D eigenvalue weighted by atomic mass is 16.3. The molecular weight excluding hydrogens is 380 g/mol. The first-order valence-electron chi connectivity index (χ1n) is 13.2. The average molecular weight is 425 g/mol. The van der Waals surface area contributed by atoms with Gasteiger partial charge in [0.1, 0.15) is 6.10 Å². The Morgan fingerprint density at radius 3 is 2.58 bits per heavy atom. The molecule has 1 unspecified atom stereocenters. The average Bonchev–Trinajstić information content (AvgIpc) is 3.40. The van der Waals surface area contributed by atoms with Gasteiger partial charge in [-0.25, -0.2) is 0 Å². The Kier molecular flexibility index (Phi) is 5.17. The van der Waals surface area contributed by atoms with E-state index < -0.39 is 6.10 Å². The molecule has 0 aromatic rings.